The molecule has 0 aromatic carbocycles. The number of likely N-dealkylation sites (N-methyl/N-ethyl adjacent to an activating group) is 1. The van der Waals surface area contributed by atoms with Crippen LogP contribution in [0.5, 0.6) is 0 Å². The molecule has 2 aromatic heterocycles. The zero-order valence-corrected chi connectivity index (χ0v) is 14.2. The summed E-state index contributed by atoms with van der Waals surface area (Å²) in [5, 5.41) is 0. The van der Waals surface area contributed by atoms with Gasteiger partial charge in [-0.3, -0.25) is 19.5 Å². The minimum atomic E-state index is -0.213. The molecule has 0 aliphatic carbocycles. The van der Waals surface area contributed by atoms with E-state index in [4.69, 9.17) is 0 Å². The molecule has 7 nitrogen and oxygen atoms in total. The number of carbonyl (C=O) groups is 2. The molecular formula is C18H21N5O2. The summed E-state index contributed by atoms with van der Waals surface area (Å²) in [5.41, 5.74) is 1.28. The number of nitrogens with zero attached hydrogens (tertiary/aromatic N) is 4. The molecule has 1 atom stereocenters. The van der Waals surface area contributed by atoms with E-state index < -0.39 is 0 Å². The van der Waals surface area contributed by atoms with Gasteiger partial charge < -0.3 is 14.8 Å². The molecule has 2 aromatic rings. The maximum Gasteiger partial charge on any atom is 0.255 e. The Hall–Kier alpha value is -2.67. The van der Waals surface area contributed by atoms with E-state index in [1.54, 1.807) is 35.8 Å². The lowest BCUT2D eigenvalue weighted by molar-refractivity contribution is -0.123. The lowest BCUT2D eigenvalue weighted by Gasteiger charge is -2.46. The van der Waals surface area contributed by atoms with Crippen LogP contribution in [0.2, 0.25) is 0 Å². The summed E-state index contributed by atoms with van der Waals surface area (Å²) in [7, 11) is 1.97. The second kappa shape index (κ2) is 6.00. The highest BCUT2D eigenvalue weighted by molar-refractivity contribution is 5.96. The highest BCUT2D eigenvalue weighted by Gasteiger charge is 2.48. The first-order valence-corrected chi connectivity index (χ1v) is 8.43. The molecule has 130 valence electrons. The Morgan fingerprint density at radius 1 is 1.32 bits per heavy atom. The first-order valence-electron chi connectivity index (χ1n) is 8.43. The van der Waals surface area contributed by atoms with Crippen molar-refractivity contribution in [3.8, 4) is 0 Å². The molecule has 7 heteroatoms. The summed E-state index contributed by atoms with van der Waals surface area (Å²) in [6.45, 7) is 2.24. The monoisotopic (exact) mass is 339 g/mol. The first-order chi connectivity index (χ1) is 12.1. The predicted molar refractivity (Wildman–Crippen MR) is 93.3 cm³/mol. The van der Waals surface area contributed by atoms with Gasteiger partial charge in [0.1, 0.15) is 0 Å². The Morgan fingerprint density at radius 2 is 2.20 bits per heavy atom. The number of piperazine rings is 1. The van der Waals surface area contributed by atoms with Gasteiger partial charge in [-0.05, 0) is 31.7 Å². The third-order valence-electron chi connectivity index (χ3n) is 5.36. The molecule has 0 radical (unpaired) electrons. The smallest absolute Gasteiger partial charge is 0.255 e. The SMILES string of the molecule is CN1CC(=O)N(c2cccnc2)CC12CCN(C(=O)c1cc[nH]c1)C2. The Labute approximate surface area is 146 Å². The van der Waals surface area contributed by atoms with E-state index in [-0.39, 0.29) is 17.4 Å². The maximum absolute atomic E-state index is 12.7. The number of hydrogen-bond acceptors (Lipinski definition) is 4. The Bertz CT molecular complexity index is 776. The molecule has 4 rings (SSSR count). The van der Waals surface area contributed by atoms with Crippen molar-refractivity contribution in [2.45, 2.75) is 12.0 Å². The van der Waals surface area contributed by atoms with E-state index in [0.29, 0.717) is 31.7 Å². The van der Waals surface area contributed by atoms with Crippen LogP contribution in [-0.4, -0.2) is 70.3 Å². The van der Waals surface area contributed by atoms with Gasteiger partial charge in [-0.1, -0.05) is 0 Å². The van der Waals surface area contributed by atoms with Crippen LogP contribution in [0, 0.1) is 0 Å². The summed E-state index contributed by atoms with van der Waals surface area (Å²) < 4.78 is 0. The fourth-order valence-electron chi connectivity index (χ4n) is 3.82. The number of H-pyrrole nitrogens is 1. The highest BCUT2D eigenvalue weighted by atomic mass is 16.2. The normalized spacial score (nSPS) is 24.3. The molecule has 2 aliphatic rings. The third-order valence-corrected chi connectivity index (χ3v) is 5.36. The Balaban J connectivity index is 1.56. The van der Waals surface area contributed by atoms with Crippen molar-refractivity contribution < 1.29 is 9.59 Å². The third kappa shape index (κ3) is 2.70. The quantitative estimate of drug-likeness (QED) is 0.885. The van der Waals surface area contributed by atoms with Gasteiger partial charge in [0.05, 0.1) is 29.5 Å². The number of rotatable bonds is 2. The standard InChI is InChI=1S/C18H21N5O2/c1-21-11-16(24)23(15-3-2-6-19-10-15)13-18(21)5-8-22(12-18)17(25)14-4-7-20-9-14/h2-4,6-7,9-10,20H,5,8,11-13H2,1H3. The van der Waals surface area contributed by atoms with Crippen LogP contribution in [0.1, 0.15) is 16.8 Å². The summed E-state index contributed by atoms with van der Waals surface area (Å²) in [6.07, 6.45) is 7.75. The van der Waals surface area contributed by atoms with Crippen molar-refractivity contribution >= 4 is 17.5 Å². The number of pyridine rings is 1. The number of carbonyl (C=O) groups excluding carboxylic acids is 2. The van der Waals surface area contributed by atoms with Crippen molar-refractivity contribution in [3.05, 3.63) is 48.5 Å². The number of anilines is 1. The lowest BCUT2D eigenvalue weighted by atomic mass is 9.92. The van der Waals surface area contributed by atoms with E-state index in [2.05, 4.69) is 14.9 Å². The summed E-state index contributed by atoms with van der Waals surface area (Å²) >= 11 is 0. The second-order valence-corrected chi connectivity index (χ2v) is 6.85. The van der Waals surface area contributed by atoms with Crippen LogP contribution in [0.15, 0.2) is 43.0 Å². The zero-order valence-electron chi connectivity index (χ0n) is 14.2. The van der Waals surface area contributed by atoms with Crippen LogP contribution in [0.3, 0.4) is 0 Å². The molecule has 1 spiro atoms. The van der Waals surface area contributed by atoms with Crippen LogP contribution < -0.4 is 4.90 Å². The fraction of sp³-hybridized carbons (Fsp3) is 0.389. The van der Waals surface area contributed by atoms with E-state index >= 15 is 0 Å². The predicted octanol–water partition coefficient (Wildman–Crippen LogP) is 0.973. The van der Waals surface area contributed by atoms with E-state index in [0.717, 1.165) is 12.1 Å². The van der Waals surface area contributed by atoms with Gasteiger partial charge in [0.25, 0.3) is 5.91 Å². The van der Waals surface area contributed by atoms with Gasteiger partial charge in [-0.15, -0.1) is 0 Å². The van der Waals surface area contributed by atoms with Crippen molar-refractivity contribution in [3.63, 3.8) is 0 Å². The van der Waals surface area contributed by atoms with E-state index in [1.807, 2.05) is 24.1 Å². The van der Waals surface area contributed by atoms with Gasteiger partial charge in [0.15, 0.2) is 0 Å². The van der Waals surface area contributed by atoms with Gasteiger partial charge in [-0.2, -0.15) is 0 Å². The molecule has 2 fully saturated rings. The van der Waals surface area contributed by atoms with Crippen LogP contribution in [0.25, 0.3) is 0 Å². The molecular weight excluding hydrogens is 318 g/mol. The topological polar surface area (TPSA) is 72.5 Å². The molecule has 25 heavy (non-hydrogen) atoms. The summed E-state index contributed by atoms with van der Waals surface area (Å²) in [4.78, 5) is 38.0. The number of nitrogens with one attached hydrogen (secondary N) is 1. The number of aromatic nitrogens is 2. The summed E-state index contributed by atoms with van der Waals surface area (Å²) in [6, 6.07) is 5.54. The highest BCUT2D eigenvalue weighted by Crippen LogP contribution is 2.33. The zero-order chi connectivity index (χ0) is 17.4. The molecule has 1 unspecified atom stereocenters. The second-order valence-electron chi connectivity index (χ2n) is 6.85. The number of hydrogen-bond donors (Lipinski definition) is 1. The van der Waals surface area contributed by atoms with E-state index in [9.17, 15) is 9.59 Å². The molecule has 4 heterocycles. The Kier molecular flexibility index (Phi) is 3.80. The molecule has 2 aliphatic heterocycles. The van der Waals surface area contributed by atoms with Gasteiger partial charge in [-0.25, -0.2) is 0 Å². The van der Waals surface area contributed by atoms with Crippen LogP contribution in [-0.2, 0) is 4.79 Å². The number of likely N-dealkylation sites (tertiary alicyclic amines) is 1. The lowest BCUT2D eigenvalue weighted by Crippen LogP contribution is -2.64. The van der Waals surface area contributed by atoms with Gasteiger partial charge in [0.2, 0.25) is 5.91 Å². The molecule has 2 amide bonds. The number of amides is 2. The average Bonchev–Trinajstić information content (AvgIpc) is 3.30. The van der Waals surface area contributed by atoms with Crippen molar-refractivity contribution in [1.82, 2.24) is 19.8 Å². The van der Waals surface area contributed by atoms with Crippen molar-refractivity contribution in [1.29, 1.82) is 0 Å². The van der Waals surface area contributed by atoms with Crippen LogP contribution in [0.4, 0.5) is 5.69 Å². The minimum Gasteiger partial charge on any atom is -0.367 e. The molecule has 0 saturated carbocycles. The Morgan fingerprint density at radius 3 is 2.92 bits per heavy atom. The van der Waals surface area contributed by atoms with E-state index in [1.165, 1.54) is 0 Å². The largest absolute Gasteiger partial charge is 0.367 e. The minimum absolute atomic E-state index is 0.0383. The average molecular weight is 339 g/mol. The van der Waals surface area contributed by atoms with Gasteiger partial charge >= 0.3 is 0 Å². The maximum atomic E-state index is 12.7. The summed E-state index contributed by atoms with van der Waals surface area (Å²) in [5.74, 6) is 0.105. The molecule has 0 bridgehead atoms. The molecule has 1 N–H and O–H groups in total. The van der Waals surface area contributed by atoms with Crippen molar-refractivity contribution in [2.24, 2.45) is 0 Å². The molecule has 2 saturated heterocycles. The van der Waals surface area contributed by atoms with Crippen molar-refractivity contribution in [2.75, 3.05) is 38.1 Å². The first kappa shape index (κ1) is 15.8. The van der Waals surface area contributed by atoms with Gasteiger partial charge in [0, 0.05) is 38.2 Å². The van der Waals surface area contributed by atoms with Crippen LogP contribution >= 0.6 is 0 Å². The number of aromatic amines is 1. The fourth-order valence-corrected chi connectivity index (χ4v) is 3.82.